The third-order valence-corrected chi connectivity index (χ3v) is 4.63. The number of aryl methyl sites for hydroxylation is 1. The van der Waals surface area contributed by atoms with Crippen molar-refractivity contribution in [3.05, 3.63) is 29.8 Å². The molecule has 0 aliphatic rings. The molecular weight excluding hydrogens is 287 g/mol. The lowest BCUT2D eigenvalue weighted by molar-refractivity contribution is 0.167. The molecule has 21 heavy (non-hydrogen) atoms. The molecule has 0 aliphatic heterocycles. The molecule has 1 aromatic carbocycles. The van der Waals surface area contributed by atoms with Crippen molar-refractivity contribution in [3.63, 3.8) is 0 Å². The Labute approximate surface area is 128 Å². The van der Waals surface area contributed by atoms with Crippen LogP contribution in [0, 0.1) is 0 Å². The summed E-state index contributed by atoms with van der Waals surface area (Å²) in [5.74, 6) is 0.597. The Bertz CT molecular complexity index is 438. The molecule has 5 heteroatoms. The molecule has 1 aromatic rings. The van der Waals surface area contributed by atoms with Gasteiger partial charge in [0.05, 0.1) is 13.2 Å². The van der Waals surface area contributed by atoms with E-state index in [0.717, 1.165) is 18.4 Å². The topological polar surface area (TPSA) is 44.8 Å². The minimum Gasteiger partial charge on any atom is -0.404 e. The van der Waals surface area contributed by atoms with Crippen LogP contribution in [0.5, 0.6) is 5.75 Å². The SMILES string of the molecule is CCCCCCc1ccccc1OP(=O)(OCC)OCC. The van der Waals surface area contributed by atoms with Crippen molar-refractivity contribution in [2.45, 2.75) is 52.9 Å². The van der Waals surface area contributed by atoms with Crippen molar-refractivity contribution in [3.8, 4) is 5.75 Å². The molecule has 0 amide bonds. The van der Waals surface area contributed by atoms with E-state index in [-0.39, 0.29) is 13.2 Å². The summed E-state index contributed by atoms with van der Waals surface area (Å²) in [4.78, 5) is 0. The lowest BCUT2D eigenvalue weighted by Gasteiger charge is -2.19. The Kier molecular flexibility index (Phi) is 8.67. The molecule has 0 saturated heterocycles. The monoisotopic (exact) mass is 314 g/mol. The first-order chi connectivity index (χ1) is 10.1. The third kappa shape index (κ3) is 6.64. The average Bonchev–Trinajstić information content (AvgIpc) is 2.45. The van der Waals surface area contributed by atoms with Gasteiger partial charge in [-0.1, -0.05) is 44.4 Å². The molecule has 0 radical (unpaired) electrons. The lowest BCUT2D eigenvalue weighted by atomic mass is 10.1. The van der Waals surface area contributed by atoms with Gasteiger partial charge < -0.3 is 4.52 Å². The first-order valence-electron chi connectivity index (χ1n) is 7.81. The number of rotatable bonds is 11. The Balaban J connectivity index is 2.74. The molecule has 0 fully saturated rings. The highest BCUT2D eigenvalue weighted by Crippen LogP contribution is 2.50. The minimum atomic E-state index is -3.51. The van der Waals surface area contributed by atoms with Crippen LogP contribution >= 0.6 is 7.82 Å². The highest BCUT2D eigenvalue weighted by Gasteiger charge is 2.28. The van der Waals surface area contributed by atoms with Crippen molar-refractivity contribution in [1.82, 2.24) is 0 Å². The molecule has 0 saturated carbocycles. The Hall–Kier alpha value is -0.830. The average molecular weight is 314 g/mol. The van der Waals surface area contributed by atoms with E-state index in [1.165, 1.54) is 19.3 Å². The highest BCUT2D eigenvalue weighted by atomic mass is 31.2. The smallest absolute Gasteiger partial charge is 0.404 e. The zero-order chi connectivity index (χ0) is 15.6. The van der Waals surface area contributed by atoms with E-state index in [1.807, 2.05) is 24.3 Å². The molecule has 0 spiro atoms. The molecule has 0 N–H and O–H groups in total. The van der Waals surface area contributed by atoms with Gasteiger partial charge >= 0.3 is 7.82 Å². The predicted octanol–water partition coefficient (Wildman–Crippen LogP) is 5.37. The summed E-state index contributed by atoms with van der Waals surface area (Å²) in [6, 6.07) is 7.66. The Morgan fingerprint density at radius 2 is 1.62 bits per heavy atom. The predicted molar refractivity (Wildman–Crippen MR) is 85.8 cm³/mol. The Morgan fingerprint density at radius 3 is 2.24 bits per heavy atom. The number of para-hydroxylation sites is 1. The van der Waals surface area contributed by atoms with E-state index in [9.17, 15) is 4.57 Å². The Morgan fingerprint density at radius 1 is 0.952 bits per heavy atom. The van der Waals surface area contributed by atoms with Crippen LogP contribution in [-0.4, -0.2) is 13.2 Å². The quantitative estimate of drug-likeness (QED) is 0.407. The molecule has 0 aromatic heterocycles. The van der Waals surface area contributed by atoms with Crippen molar-refractivity contribution in [2.75, 3.05) is 13.2 Å². The number of hydrogen-bond donors (Lipinski definition) is 0. The molecule has 120 valence electrons. The van der Waals surface area contributed by atoms with E-state index < -0.39 is 7.82 Å². The number of hydrogen-bond acceptors (Lipinski definition) is 4. The van der Waals surface area contributed by atoms with Gasteiger partial charge in [0.2, 0.25) is 0 Å². The van der Waals surface area contributed by atoms with E-state index in [1.54, 1.807) is 13.8 Å². The molecule has 0 unspecified atom stereocenters. The van der Waals surface area contributed by atoms with Crippen LogP contribution in [0.2, 0.25) is 0 Å². The molecule has 4 nitrogen and oxygen atoms in total. The van der Waals surface area contributed by atoms with Gasteiger partial charge in [0.25, 0.3) is 0 Å². The second-order valence-electron chi connectivity index (χ2n) is 4.79. The van der Waals surface area contributed by atoms with Crippen LogP contribution in [0.15, 0.2) is 24.3 Å². The first kappa shape index (κ1) is 18.2. The highest BCUT2D eigenvalue weighted by molar-refractivity contribution is 7.48. The fourth-order valence-electron chi connectivity index (χ4n) is 2.07. The van der Waals surface area contributed by atoms with Crippen molar-refractivity contribution < 1.29 is 18.1 Å². The summed E-state index contributed by atoms with van der Waals surface area (Å²) in [5.41, 5.74) is 1.05. The van der Waals surface area contributed by atoms with Gasteiger partial charge in [0.15, 0.2) is 0 Å². The van der Waals surface area contributed by atoms with Crippen LogP contribution < -0.4 is 4.52 Å². The number of benzene rings is 1. The maximum absolute atomic E-state index is 12.4. The second kappa shape index (κ2) is 9.99. The zero-order valence-electron chi connectivity index (χ0n) is 13.3. The fourth-order valence-corrected chi connectivity index (χ4v) is 3.30. The van der Waals surface area contributed by atoms with Gasteiger partial charge in [-0.05, 0) is 38.3 Å². The number of phosphoric ester groups is 1. The van der Waals surface area contributed by atoms with Gasteiger partial charge in [-0.2, -0.15) is 0 Å². The normalized spacial score (nSPS) is 11.6. The molecule has 0 heterocycles. The van der Waals surface area contributed by atoms with Crippen molar-refractivity contribution >= 4 is 7.82 Å². The van der Waals surface area contributed by atoms with E-state index in [4.69, 9.17) is 13.6 Å². The van der Waals surface area contributed by atoms with Gasteiger partial charge in [0.1, 0.15) is 5.75 Å². The van der Waals surface area contributed by atoms with E-state index in [0.29, 0.717) is 5.75 Å². The van der Waals surface area contributed by atoms with Gasteiger partial charge in [-0.3, -0.25) is 9.05 Å². The third-order valence-electron chi connectivity index (χ3n) is 3.06. The van der Waals surface area contributed by atoms with E-state index >= 15 is 0 Å². The molecular formula is C16H27O4P. The molecule has 1 rings (SSSR count). The van der Waals surface area contributed by atoms with Gasteiger partial charge in [-0.25, -0.2) is 4.57 Å². The summed E-state index contributed by atoms with van der Waals surface area (Å²) < 4.78 is 28.4. The minimum absolute atomic E-state index is 0.288. The van der Waals surface area contributed by atoms with Gasteiger partial charge in [0, 0.05) is 0 Å². The van der Waals surface area contributed by atoms with Crippen LogP contribution in [0.4, 0.5) is 0 Å². The molecule has 0 bridgehead atoms. The summed E-state index contributed by atoms with van der Waals surface area (Å²) in [6.45, 7) is 6.31. The number of phosphoric acid groups is 1. The van der Waals surface area contributed by atoms with Crippen molar-refractivity contribution in [2.24, 2.45) is 0 Å². The summed E-state index contributed by atoms with van der Waals surface area (Å²) in [7, 11) is -3.51. The summed E-state index contributed by atoms with van der Waals surface area (Å²) in [5, 5.41) is 0. The molecule has 0 atom stereocenters. The van der Waals surface area contributed by atoms with Crippen LogP contribution in [0.25, 0.3) is 0 Å². The second-order valence-corrected chi connectivity index (χ2v) is 6.39. The van der Waals surface area contributed by atoms with Crippen LogP contribution in [0.3, 0.4) is 0 Å². The summed E-state index contributed by atoms with van der Waals surface area (Å²) in [6.07, 6.45) is 5.65. The standard InChI is InChI=1S/C16H27O4P/c1-4-7-8-9-12-15-13-10-11-14-16(15)20-21(17,18-5-2)19-6-3/h10-11,13-14H,4-9,12H2,1-3H3. The maximum Gasteiger partial charge on any atom is 0.530 e. The fraction of sp³-hybridized carbons (Fsp3) is 0.625. The number of unbranched alkanes of at least 4 members (excludes halogenated alkanes) is 3. The summed E-state index contributed by atoms with van der Waals surface area (Å²) >= 11 is 0. The van der Waals surface area contributed by atoms with Crippen LogP contribution in [-0.2, 0) is 20.0 Å². The maximum atomic E-state index is 12.4. The van der Waals surface area contributed by atoms with Gasteiger partial charge in [-0.15, -0.1) is 0 Å². The largest absolute Gasteiger partial charge is 0.530 e. The van der Waals surface area contributed by atoms with Crippen molar-refractivity contribution in [1.29, 1.82) is 0 Å². The van der Waals surface area contributed by atoms with E-state index in [2.05, 4.69) is 6.92 Å². The van der Waals surface area contributed by atoms with Crippen LogP contribution in [0.1, 0.15) is 52.0 Å². The zero-order valence-corrected chi connectivity index (χ0v) is 14.2. The first-order valence-corrected chi connectivity index (χ1v) is 9.27. The lowest BCUT2D eigenvalue weighted by Crippen LogP contribution is -2.04. The molecule has 0 aliphatic carbocycles.